The van der Waals surface area contributed by atoms with Crippen molar-refractivity contribution in [2.75, 3.05) is 25.1 Å². The second-order valence-electron chi connectivity index (χ2n) is 7.22. The van der Waals surface area contributed by atoms with Crippen LogP contribution in [0.3, 0.4) is 0 Å². The Morgan fingerprint density at radius 1 is 1.20 bits per heavy atom. The number of halogens is 2. The molecule has 1 fully saturated rings. The van der Waals surface area contributed by atoms with Crippen LogP contribution < -0.4 is 10.1 Å². The van der Waals surface area contributed by atoms with Gasteiger partial charge in [-0.2, -0.15) is 0 Å². The Hall–Kier alpha value is -2.34. The molecule has 1 aliphatic heterocycles. The first kappa shape index (κ1) is 20.9. The van der Waals surface area contributed by atoms with Crippen LogP contribution in [0.4, 0.5) is 5.69 Å². The van der Waals surface area contributed by atoms with E-state index in [-0.39, 0.29) is 5.91 Å². The van der Waals surface area contributed by atoms with Crippen molar-refractivity contribution in [3.05, 3.63) is 64.3 Å². The first-order chi connectivity index (χ1) is 14.5. The predicted molar refractivity (Wildman–Crippen MR) is 120 cm³/mol. The van der Waals surface area contributed by atoms with Crippen molar-refractivity contribution in [3.8, 4) is 5.75 Å². The molecule has 156 valence electrons. The molecule has 2 heterocycles. The third-order valence-corrected chi connectivity index (χ3v) is 6.06. The standard InChI is InChI=1S/C23H22Cl2N2O3/c1-2-30-20-8-7-19(16-4-3-11-26-21(16)20)27-22(28)23(9-12-29-13-10-23)17-6-5-15(24)14-18(17)25/h3-8,11,14H,2,9-10,12-13H2,1H3,(H,27,28). The number of pyridine rings is 1. The summed E-state index contributed by atoms with van der Waals surface area (Å²) in [7, 11) is 0. The Kier molecular flexibility index (Phi) is 6.14. The number of hydrogen-bond donors (Lipinski definition) is 1. The largest absolute Gasteiger partial charge is 0.492 e. The molecule has 0 radical (unpaired) electrons. The zero-order valence-electron chi connectivity index (χ0n) is 16.6. The molecular formula is C23H22Cl2N2O3. The van der Waals surface area contributed by atoms with Gasteiger partial charge in [0, 0.05) is 34.8 Å². The predicted octanol–water partition coefficient (Wildman–Crippen LogP) is 5.63. The van der Waals surface area contributed by atoms with Crippen LogP contribution in [0.5, 0.6) is 5.75 Å². The quantitative estimate of drug-likeness (QED) is 0.553. The maximum Gasteiger partial charge on any atom is 0.235 e. The number of carbonyl (C=O) groups excluding carboxylic acids is 1. The molecule has 0 atom stereocenters. The summed E-state index contributed by atoms with van der Waals surface area (Å²) in [5.41, 5.74) is 1.36. The van der Waals surface area contributed by atoms with E-state index in [2.05, 4.69) is 10.3 Å². The van der Waals surface area contributed by atoms with E-state index in [0.717, 1.165) is 10.9 Å². The molecule has 4 rings (SSSR count). The second-order valence-corrected chi connectivity index (χ2v) is 8.06. The fraction of sp³-hybridized carbons (Fsp3) is 0.304. The molecule has 1 amide bonds. The van der Waals surface area contributed by atoms with Crippen LogP contribution in [-0.4, -0.2) is 30.7 Å². The molecule has 5 nitrogen and oxygen atoms in total. The van der Waals surface area contributed by atoms with E-state index >= 15 is 0 Å². The molecule has 1 saturated heterocycles. The van der Waals surface area contributed by atoms with Crippen molar-refractivity contribution in [1.82, 2.24) is 4.98 Å². The van der Waals surface area contributed by atoms with Crippen LogP contribution in [0.2, 0.25) is 10.0 Å². The third kappa shape index (κ3) is 3.85. The Labute approximate surface area is 185 Å². The van der Waals surface area contributed by atoms with Crippen LogP contribution in [-0.2, 0) is 14.9 Å². The topological polar surface area (TPSA) is 60.5 Å². The normalized spacial score (nSPS) is 15.7. The number of carbonyl (C=O) groups is 1. The van der Waals surface area contributed by atoms with Gasteiger partial charge in [0.2, 0.25) is 5.91 Å². The molecule has 0 saturated carbocycles. The summed E-state index contributed by atoms with van der Waals surface area (Å²) in [6, 6.07) is 12.7. The Bertz CT molecular complexity index is 1080. The number of ether oxygens (including phenoxy) is 2. The Balaban J connectivity index is 1.75. The Morgan fingerprint density at radius 3 is 2.73 bits per heavy atom. The monoisotopic (exact) mass is 444 g/mol. The van der Waals surface area contributed by atoms with E-state index in [1.807, 2.05) is 37.3 Å². The molecule has 0 bridgehead atoms. The van der Waals surface area contributed by atoms with Gasteiger partial charge in [-0.25, -0.2) is 0 Å². The maximum atomic E-state index is 13.7. The summed E-state index contributed by atoms with van der Waals surface area (Å²) in [5.74, 6) is 0.567. The second kappa shape index (κ2) is 8.80. The summed E-state index contributed by atoms with van der Waals surface area (Å²) in [5, 5.41) is 4.97. The molecule has 0 spiro atoms. The summed E-state index contributed by atoms with van der Waals surface area (Å²) in [4.78, 5) is 18.1. The van der Waals surface area contributed by atoms with Crippen molar-refractivity contribution in [2.24, 2.45) is 0 Å². The van der Waals surface area contributed by atoms with Crippen LogP contribution in [0.25, 0.3) is 10.9 Å². The average molecular weight is 445 g/mol. The molecule has 0 unspecified atom stereocenters. The minimum atomic E-state index is -0.799. The van der Waals surface area contributed by atoms with Gasteiger partial charge < -0.3 is 14.8 Å². The molecule has 2 aromatic carbocycles. The van der Waals surface area contributed by atoms with Crippen molar-refractivity contribution in [1.29, 1.82) is 0 Å². The van der Waals surface area contributed by atoms with Crippen molar-refractivity contribution in [2.45, 2.75) is 25.2 Å². The van der Waals surface area contributed by atoms with Gasteiger partial charge in [0.1, 0.15) is 11.3 Å². The molecule has 1 aromatic heterocycles. The highest BCUT2D eigenvalue weighted by Crippen LogP contribution is 2.41. The molecule has 1 N–H and O–H groups in total. The van der Waals surface area contributed by atoms with Crippen LogP contribution >= 0.6 is 23.2 Å². The zero-order chi connectivity index (χ0) is 21.1. The molecule has 3 aromatic rings. The molecule has 1 aliphatic rings. The number of aromatic nitrogens is 1. The highest BCUT2D eigenvalue weighted by Gasteiger charge is 2.43. The molecule has 0 aliphatic carbocycles. The highest BCUT2D eigenvalue weighted by molar-refractivity contribution is 6.35. The summed E-state index contributed by atoms with van der Waals surface area (Å²) in [6.07, 6.45) is 2.78. The van der Waals surface area contributed by atoms with E-state index < -0.39 is 5.41 Å². The van der Waals surface area contributed by atoms with Gasteiger partial charge in [-0.05, 0) is 61.7 Å². The number of nitrogens with one attached hydrogen (secondary N) is 1. The zero-order valence-corrected chi connectivity index (χ0v) is 18.1. The average Bonchev–Trinajstić information content (AvgIpc) is 2.76. The minimum Gasteiger partial charge on any atom is -0.492 e. The van der Waals surface area contributed by atoms with Gasteiger partial charge in [-0.3, -0.25) is 9.78 Å². The lowest BCUT2D eigenvalue weighted by atomic mass is 9.73. The van der Waals surface area contributed by atoms with Gasteiger partial charge in [-0.1, -0.05) is 29.3 Å². The maximum absolute atomic E-state index is 13.7. The van der Waals surface area contributed by atoms with Gasteiger partial charge in [0.05, 0.1) is 17.7 Å². The number of amides is 1. The Morgan fingerprint density at radius 2 is 2.00 bits per heavy atom. The van der Waals surface area contributed by atoms with Gasteiger partial charge in [-0.15, -0.1) is 0 Å². The fourth-order valence-corrected chi connectivity index (χ4v) is 4.58. The van der Waals surface area contributed by atoms with Crippen LogP contribution in [0.1, 0.15) is 25.3 Å². The first-order valence-electron chi connectivity index (χ1n) is 9.90. The summed E-state index contributed by atoms with van der Waals surface area (Å²) >= 11 is 12.6. The lowest BCUT2D eigenvalue weighted by Gasteiger charge is -2.37. The number of hydrogen-bond acceptors (Lipinski definition) is 4. The number of nitrogens with zero attached hydrogens (tertiary/aromatic N) is 1. The molecule has 30 heavy (non-hydrogen) atoms. The van der Waals surface area contributed by atoms with E-state index in [1.165, 1.54) is 0 Å². The smallest absolute Gasteiger partial charge is 0.235 e. The highest BCUT2D eigenvalue weighted by atomic mass is 35.5. The van der Waals surface area contributed by atoms with E-state index in [1.54, 1.807) is 18.3 Å². The molecular weight excluding hydrogens is 423 g/mol. The molecule has 7 heteroatoms. The van der Waals surface area contributed by atoms with E-state index in [9.17, 15) is 4.79 Å². The van der Waals surface area contributed by atoms with Crippen molar-refractivity contribution < 1.29 is 14.3 Å². The lowest BCUT2D eigenvalue weighted by molar-refractivity contribution is -0.125. The fourth-order valence-electron chi connectivity index (χ4n) is 3.99. The van der Waals surface area contributed by atoms with Crippen LogP contribution in [0, 0.1) is 0 Å². The summed E-state index contributed by atoms with van der Waals surface area (Å²) in [6.45, 7) is 3.43. The van der Waals surface area contributed by atoms with E-state index in [4.69, 9.17) is 32.7 Å². The number of rotatable bonds is 5. The minimum absolute atomic E-state index is 0.121. The van der Waals surface area contributed by atoms with E-state index in [0.29, 0.717) is 59.7 Å². The summed E-state index contributed by atoms with van der Waals surface area (Å²) < 4.78 is 11.2. The number of benzene rings is 2. The van der Waals surface area contributed by atoms with Gasteiger partial charge in [0.15, 0.2) is 0 Å². The van der Waals surface area contributed by atoms with Gasteiger partial charge >= 0.3 is 0 Å². The lowest BCUT2D eigenvalue weighted by Crippen LogP contribution is -2.45. The number of fused-ring (bicyclic) bond motifs is 1. The number of anilines is 1. The first-order valence-corrected chi connectivity index (χ1v) is 10.7. The third-order valence-electron chi connectivity index (χ3n) is 5.51. The van der Waals surface area contributed by atoms with Crippen molar-refractivity contribution >= 4 is 45.7 Å². The van der Waals surface area contributed by atoms with Gasteiger partial charge in [0.25, 0.3) is 0 Å². The van der Waals surface area contributed by atoms with Crippen LogP contribution in [0.15, 0.2) is 48.7 Å². The van der Waals surface area contributed by atoms with Crippen molar-refractivity contribution in [3.63, 3.8) is 0 Å². The SMILES string of the molecule is CCOc1ccc(NC(=O)C2(c3ccc(Cl)cc3Cl)CCOCC2)c2cccnc12.